The minimum atomic E-state index is -3.98. The first-order valence-corrected chi connectivity index (χ1v) is 14.4. The Kier molecular flexibility index (Phi) is 9.78. The van der Waals surface area contributed by atoms with Gasteiger partial charge in [0.25, 0.3) is 10.0 Å². The Morgan fingerprint density at radius 2 is 1.66 bits per heavy atom. The third-order valence-electron chi connectivity index (χ3n) is 5.15. The van der Waals surface area contributed by atoms with Crippen molar-refractivity contribution in [2.45, 2.75) is 24.5 Å². The molecule has 0 unspecified atom stereocenters. The Balaban J connectivity index is 1.67. The first-order valence-electron chi connectivity index (χ1n) is 10.7. The maximum atomic E-state index is 13.5. The van der Waals surface area contributed by atoms with Crippen LogP contribution in [0.4, 0.5) is 5.69 Å². The first-order chi connectivity index (χ1) is 16.6. The second kappa shape index (κ2) is 12.4. The number of hydrogen-bond acceptors (Lipinski definition) is 4. The van der Waals surface area contributed by atoms with Crippen molar-refractivity contribution in [3.63, 3.8) is 0 Å². The van der Waals surface area contributed by atoms with E-state index in [1.54, 1.807) is 67.2 Å². The summed E-state index contributed by atoms with van der Waals surface area (Å²) in [6.45, 7) is 3.68. The Morgan fingerprint density at radius 3 is 2.31 bits per heavy atom. The van der Waals surface area contributed by atoms with Gasteiger partial charge in [-0.05, 0) is 67.4 Å². The highest BCUT2D eigenvalue weighted by Crippen LogP contribution is 2.29. The average molecular weight is 572 g/mol. The minimum absolute atomic E-state index is 0.113. The van der Waals surface area contributed by atoms with Crippen molar-refractivity contribution in [3.8, 4) is 0 Å². The Bertz CT molecular complexity index is 1300. The van der Waals surface area contributed by atoms with Crippen LogP contribution in [-0.2, 0) is 20.6 Å². The van der Waals surface area contributed by atoms with Gasteiger partial charge >= 0.3 is 0 Å². The lowest BCUT2D eigenvalue weighted by molar-refractivity contribution is -0.119. The van der Waals surface area contributed by atoms with Crippen LogP contribution in [0.15, 0.2) is 65.6 Å². The van der Waals surface area contributed by atoms with E-state index >= 15 is 0 Å². The number of nitrogens with zero attached hydrogens (tertiary/aromatic N) is 1. The number of sulfonamides is 1. The summed E-state index contributed by atoms with van der Waals surface area (Å²) in [6.07, 6.45) is 0. The van der Waals surface area contributed by atoms with Crippen LogP contribution in [0.25, 0.3) is 0 Å². The van der Waals surface area contributed by atoms with E-state index in [0.717, 1.165) is 15.4 Å². The molecule has 0 spiro atoms. The van der Waals surface area contributed by atoms with Gasteiger partial charge in [0.05, 0.1) is 20.6 Å². The van der Waals surface area contributed by atoms with Gasteiger partial charge in [0.15, 0.2) is 0 Å². The van der Waals surface area contributed by atoms with Gasteiger partial charge in [-0.15, -0.1) is 0 Å². The Labute approximate surface area is 225 Å². The predicted octanol–water partition coefficient (Wildman–Crippen LogP) is 6.51. The van der Waals surface area contributed by atoms with Gasteiger partial charge < -0.3 is 5.32 Å². The van der Waals surface area contributed by atoms with Gasteiger partial charge in [0.1, 0.15) is 6.54 Å². The zero-order valence-electron chi connectivity index (χ0n) is 19.2. The summed E-state index contributed by atoms with van der Waals surface area (Å²) in [4.78, 5) is 12.9. The van der Waals surface area contributed by atoms with Gasteiger partial charge in [-0.3, -0.25) is 9.10 Å². The largest absolute Gasteiger partial charge is 0.354 e. The number of aryl methyl sites for hydroxylation is 2. The molecule has 186 valence electrons. The van der Waals surface area contributed by atoms with Crippen molar-refractivity contribution in [3.05, 3.63) is 92.4 Å². The number of nitrogens with one attached hydrogen (secondary N) is 1. The number of carbonyl (C=O) groups is 1. The maximum Gasteiger partial charge on any atom is 0.264 e. The van der Waals surface area contributed by atoms with Gasteiger partial charge in [-0.1, -0.05) is 58.6 Å². The zero-order chi connectivity index (χ0) is 25.6. The van der Waals surface area contributed by atoms with Gasteiger partial charge in [-0.25, -0.2) is 8.42 Å². The van der Waals surface area contributed by atoms with E-state index in [0.29, 0.717) is 44.4 Å². The molecular weight excluding hydrogens is 547 g/mol. The SMILES string of the molecule is Cc1ccc(S(=O)(=O)N(CC(=O)NCCSCc2ccc(Cl)c(Cl)c2)c2ccc(Cl)cc2C)cc1. The molecule has 5 nitrogen and oxygen atoms in total. The third-order valence-corrected chi connectivity index (χ3v) is 8.92. The molecule has 0 aliphatic carbocycles. The van der Waals surface area contributed by atoms with Gasteiger partial charge in [0.2, 0.25) is 5.91 Å². The summed E-state index contributed by atoms with van der Waals surface area (Å²) < 4.78 is 28.1. The maximum absolute atomic E-state index is 13.5. The predicted molar refractivity (Wildman–Crippen MR) is 148 cm³/mol. The molecule has 0 aliphatic rings. The standard InChI is InChI=1S/C25H25Cl3N2O3S2/c1-17-3-7-21(8-4-17)35(32,33)30(24-10-6-20(26)13-18(24)2)15-25(31)29-11-12-34-16-19-5-9-22(27)23(28)14-19/h3-10,13-14H,11-12,15-16H2,1-2H3,(H,29,31). The summed E-state index contributed by atoms with van der Waals surface area (Å²) >= 11 is 19.7. The number of benzene rings is 3. The van der Waals surface area contributed by atoms with Crippen molar-refractivity contribution < 1.29 is 13.2 Å². The van der Waals surface area contributed by atoms with Crippen LogP contribution in [0.1, 0.15) is 16.7 Å². The van der Waals surface area contributed by atoms with Crippen molar-refractivity contribution in [1.29, 1.82) is 0 Å². The lowest BCUT2D eigenvalue weighted by Gasteiger charge is -2.26. The molecule has 10 heteroatoms. The molecule has 0 fully saturated rings. The second-order valence-corrected chi connectivity index (χ2v) is 12.1. The Hall–Kier alpha value is -1.90. The van der Waals surface area contributed by atoms with Gasteiger partial charge in [-0.2, -0.15) is 11.8 Å². The van der Waals surface area contributed by atoms with Crippen molar-refractivity contribution in [2.75, 3.05) is 23.1 Å². The van der Waals surface area contributed by atoms with Gasteiger partial charge in [0, 0.05) is 23.1 Å². The van der Waals surface area contributed by atoms with E-state index in [1.807, 2.05) is 19.1 Å². The minimum Gasteiger partial charge on any atom is -0.354 e. The highest BCUT2D eigenvalue weighted by Gasteiger charge is 2.28. The molecule has 1 N–H and O–H groups in total. The number of thioether (sulfide) groups is 1. The normalized spacial score (nSPS) is 11.3. The number of rotatable bonds is 10. The van der Waals surface area contributed by atoms with Crippen LogP contribution in [0.3, 0.4) is 0 Å². The molecule has 3 aromatic carbocycles. The number of amides is 1. The zero-order valence-corrected chi connectivity index (χ0v) is 23.1. The van der Waals surface area contributed by atoms with E-state index in [-0.39, 0.29) is 11.4 Å². The molecule has 0 bridgehead atoms. The van der Waals surface area contributed by atoms with Crippen molar-refractivity contribution >= 4 is 68.2 Å². The molecule has 0 saturated carbocycles. The number of carbonyl (C=O) groups excluding carboxylic acids is 1. The molecule has 0 radical (unpaired) electrons. The summed E-state index contributed by atoms with van der Waals surface area (Å²) in [5.41, 5.74) is 3.02. The van der Waals surface area contributed by atoms with Crippen LogP contribution >= 0.6 is 46.6 Å². The topological polar surface area (TPSA) is 66.5 Å². The van der Waals surface area contributed by atoms with E-state index in [1.165, 1.54) is 0 Å². The summed E-state index contributed by atoms with van der Waals surface area (Å²) in [7, 11) is -3.98. The summed E-state index contributed by atoms with van der Waals surface area (Å²) in [6, 6.07) is 16.9. The fourth-order valence-electron chi connectivity index (χ4n) is 3.30. The van der Waals surface area contributed by atoms with Crippen LogP contribution in [0.5, 0.6) is 0 Å². The van der Waals surface area contributed by atoms with Crippen LogP contribution in [0, 0.1) is 13.8 Å². The smallest absolute Gasteiger partial charge is 0.264 e. The number of halogens is 3. The molecule has 0 heterocycles. The van der Waals surface area contributed by atoms with E-state index in [4.69, 9.17) is 34.8 Å². The molecule has 0 saturated heterocycles. The van der Waals surface area contributed by atoms with Crippen molar-refractivity contribution in [1.82, 2.24) is 5.32 Å². The van der Waals surface area contributed by atoms with Crippen LogP contribution < -0.4 is 9.62 Å². The summed E-state index contributed by atoms with van der Waals surface area (Å²) in [5.74, 6) is 0.964. The number of anilines is 1. The van der Waals surface area contributed by atoms with E-state index in [2.05, 4.69) is 5.32 Å². The Morgan fingerprint density at radius 1 is 0.943 bits per heavy atom. The average Bonchev–Trinajstić information content (AvgIpc) is 2.80. The highest BCUT2D eigenvalue weighted by molar-refractivity contribution is 7.98. The van der Waals surface area contributed by atoms with Crippen molar-refractivity contribution in [2.24, 2.45) is 0 Å². The monoisotopic (exact) mass is 570 g/mol. The molecule has 35 heavy (non-hydrogen) atoms. The van der Waals surface area contributed by atoms with E-state index < -0.39 is 15.9 Å². The van der Waals surface area contributed by atoms with E-state index in [9.17, 15) is 13.2 Å². The molecule has 0 atom stereocenters. The van der Waals surface area contributed by atoms with Crippen LogP contribution in [0.2, 0.25) is 15.1 Å². The molecule has 0 aromatic heterocycles. The van der Waals surface area contributed by atoms with Crippen LogP contribution in [-0.4, -0.2) is 33.2 Å². The fraction of sp³-hybridized carbons (Fsp3) is 0.240. The third kappa shape index (κ3) is 7.54. The lowest BCUT2D eigenvalue weighted by Crippen LogP contribution is -2.41. The second-order valence-electron chi connectivity index (χ2n) is 7.91. The number of hydrogen-bond donors (Lipinski definition) is 1. The highest BCUT2D eigenvalue weighted by atomic mass is 35.5. The lowest BCUT2D eigenvalue weighted by atomic mass is 10.2. The fourth-order valence-corrected chi connectivity index (χ4v) is 6.14. The molecule has 0 aliphatic heterocycles. The molecule has 1 amide bonds. The first kappa shape index (κ1) is 27.7. The molecular formula is C25H25Cl3N2O3S2. The molecule has 3 aromatic rings. The quantitative estimate of drug-likeness (QED) is 0.282. The summed E-state index contributed by atoms with van der Waals surface area (Å²) in [5, 5.41) is 4.32. The molecule has 3 rings (SSSR count).